The molecule has 0 atom stereocenters. The van der Waals surface area contributed by atoms with Gasteiger partial charge in [0.2, 0.25) is 5.95 Å². The van der Waals surface area contributed by atoms with Gasteiger partial charge in [0.25, 0.3) is 0 Å². The summed E-state index contributed by atoms with van der Waals surface area (Å²) in [6.45, 7) is 4.32. The Balaban J connectivity index is 1.66. The summed E-state index contributed by atoms with van der Waals surface area (Å²) in [4.78, 5) is 18.1. The fraction of sp³-hybridized carbons (Fsp3) is 0.400. The van der Waals surface area contributed by atoms with Crippen molar-refractivity contribution in [3.8, 4) is 11.3 Å². The quantitative estimate of drug-likeness (QED) is 0.791. The number of aromatic amines is 1. The van der Waals surface area contributed by atoms with Crippen LogP contribution in [0, 0.1) is 0 Å². The molecule has 3 aromatic rings. The molecule has 0 aliphatic carbocycles. The van der Waals surface area contributed by atoms with E-state index in [1.807, 2.05) is 6.07 Å². The highest BCUT2D eigenvalue weighted by atomic mass is 15.3. The van der Waals surface area contributed by atoms with Crippen LogP contribution in [-0.2, 0) is 0 Å². The third-order valence-corrected chi connectivity index (χ3v) is 5.33. The van der Waals surface area contributed by atoms with Crippen LogP contribution in [0.25, 0.3) is 22.3 Å². The van der Waals surface area contributed by atoms with E-state index in [-0.39, 0.29) is 0 Å². The maximum atomic E-state index is 4.99. The first-order chi connectivity index (χ1) is 12.4. The van der Waals surface area contributed by atoms with Gasteiger partial charge in [-0.25, -0.2) is 0 Å². The molecule has 5 rings (SSSR count). The summed E-state index contributed by atoms with van der Waals surface area (Å²) in [5, 5.41) is 1.14. The van der Waals surface area contributed by atoms with Gasteiger partial charge in [0.05, 0.1) is 5.39 Å². The molecule has 128 valence electrons. The molecule has 2 aromatic heterocycles. The van der Waals surface area contributed by atoms with Gasteiger partial charge in [0.15, 0.2) is 0 Å². The lowest BCUT2D eigenvalue weighted by atomic mass is 10.1. The number of hydrogen-bond acceptors (Lipinski definition) is 4. The average Bonchev–Trinajstić information content (AvgIpc) is 3.42. The van der Waals surface area contributed by atoms with Crippen molar-refractivity contribution in [3.05, 3.63) is 36.4 Å². The zero-order valence-corrected chi connectivity index (χ0v) is 14.4. The molecule has 2 saturated heterocycles. The van der Waals surface area contributed by atoms with Crippen molar-refractivity contribution in [2.45, 2.75) is 25.7 Å². The van der Waals surface area contributed by atoms with Crippen LogP contribution in [0.5, 0.6) is 0 Å². The van der Waals surface area contributed by atoms with E-state index < -0.39 is 0 Å². The van der Waals surface area contributed by atoms with Crippen molar-refractivity contribution < 1.29 is 0 Å². The summed E-state index contributed by atoms with van der Waals surface area (Å²) in [7, 11) is 0. The monoisotopic (exact) mass is 333 g/mol. The average molecular weight is 333 g/mol. The number of hydrogen-bond donors (Lipinski definition) is 1. The number of nitrogens with zero attached hydrogens (tertiary/aromatic N) is 4. The second-order valence-corrected chi connectivity index (χ2v) is 7.05. The predicted octanol–water partition coefficient (Wildman–Crippen LogP) is 3.83. The number of H-pyrrole nitrogens is 1. The lowest BCUT2D eigenvalue weighted by molar-refractivity contribution is 0.881. The molecule has 5 heteroatoms. The molecule has 2 aliphatic heterocycles. The molecule has 1 aromatic carbocycles. The Morgan fingerprint density at radius 1 is 0.800 bits per heavy atom. The molecule has 0 unspecified atom stereocenters. The lowest BCUT2D eigenvalue weighted by Gasteiger charge is -2.21. The largest absolute Gasteiger partial charge is 0.356 e. The number of nitrogens with one attached hydrogen (secondary N) is 1. The summed E-state index contributed by atoms with van der Waals surface area (Å²) in [6, 6.07) is 12.7. The summed E-state index contributed by atoms with van der Waals surface area (Å²) in [5.74, 6) is 1.98. The van der Waals surface area contributed by atoms with Crippen LogP contribution in [0.3, 0.4) is 0 Å². The van der Waals surface area contributed by atoms with E-state index in [2.05, 4.69) is 45.1 Å². The summed E-state index contributed by atoms with van der Waals surface area (Å²) >= 11 is 0. The van der Waals surface area contributed by atoms with E-state index in [0.29, 0.717) is 0 Å². The van der Waals surface area contributed by atoms with E-state index in [1.54, 1.807) is 0 Å². The molecule has 5 nitrogen and oxygen atoms in total. The van der Waals surface area contributed by atoms with Crippen LogP contribution in [0.15, 0.2) is 36.4 Å². The Bertz CT molecular complexity index is 874. The van der Waals surface area contributed by atoms with Gasteiger partial charge in [0.1, 0.15) is 11.5 Å². The SMILES string of the molecule is c1ccc(-c2cc3c(N4CCCC4)nc(N4CCCC4)nc3[nH]2)cc1. The first kappa shape index (κ1) is 14.8. The molecule has 2 fully saturated rings. The highest BCUT2D eigenvalue weighted by Crippen LogP contribution is 2.33. The molecule has 1 N–H and O–H groups in total. The zero-order chi connectivity index (χ0) is 16.6. The van der Waals surface area contributed by atoms with Gasteiger partial charge < -0.3 is 14.8 Å². The van der Waals surface area contributed by atoms with E-state index in [1.165, 1.54) is 31.2 Å². The van der Waals surface area contributed by atoms with Crippen molar-refractivity contribution in [2.75, 3.05) is 36.0 Å². The van der Waals surface area contributed by atoms with E-state index in [4.69, 9.17) is 9.97 Å². The van der Waals surface area contributed by atoms with Crippen molar-refractivity contribution >= 4 is 22.8 Å². The van der Waals surface area contributed by atoms with Crippen LogP contribution < -0.4 is 9.80 Å². The standard InChI is InChI=1S/C20H23N5/c1-2-8-15(9-3-1)17-14-16-18(21-17)22-20(25-12-6-7-13-25)23-19(16)24-10-4-5-11-24/h1-3,8-9,14H,4-7,10-13H2,(H,21,22,23). The Kier molecular flexibility index (Phi) is 3.58. The first-order valence-corrected chi connectivity index (χ1v) is 9.34. The Labute approximate surface area is 147 Å². The van der Waals surface area contributed by atoms with Gasteiger partial charge in [-0.3, -0.25) is 0 Å². The Morgan fingerprint density at radius 3 is 2.20 bits per heavy atom. The first-order valence-electron chi connectivity index (χ1n) is 9.34. The molecule has 0 saturated carbocycles. The maximum Gasteiger partial charge on any atom is 0.229 e. The van der Waals surface area contributed by atoms with Gasteiger partial charge in [-0.2, -0.15) is 9.97 Å². The molecule has 0 amide bonds. The van der Waals surface area contributed by atoms with Crippen LogP contribution in [0.4, 0.5) is 11.8 Å². The minimum Gasteiger partial charge on any atom is -0.356 e. The second-order valence-electron chi connectivity index (χ2n) is 7.05. The molecule has 0 spiro atoms. The van der Waals surface area contributed by atoms with Gasteiger partial charge in [-0.1, -0.05) is 30.3 Å². The number of anilines is 2. The van der Waals surface area contributed by atoms with Crippen LogP contribution in [0.2, 0.25) is 0 Å². The Morgan fingerprint density at radius 2 is 1.48 bits per heavy atom. The van der Waals surface area contributed by atoms with Gasteiger partial charge in [-0.15, -0.1) is 0 Å². The minimum absolute atomic E-state index is 0.883. The van der Waals surface area contributed by atoms with Gasteiger partial charge in [0, 0.05) is 31.9 Å². The highest BCUT2D eigenvalue weighted by Gasteiger charge is 2.23. The minimum atomic E-state index is 0.883. The number of rotatable bonds is 3. The molecule has 2 aliphatic rings. The van der Waals surface area contributed by atoms with Crippen molar-refractivity contribution in [2.24, 2.45) is 0 Å². The van der Waals surface area contributed by atoms with Crippen molar-refractivity contribution in [3.63, 3.8) is 0 Å². The smallest absolute Gasteiger partial charge is 0.229 e. The predicted molar refractivity (Wildman–Crippen MR) is 102 cm³/mol. The van der Waals surface area contributed by atoms with Gasteiger partial charge >= 0.3 is 0 Å². The molecular weight excluding hydrogens is 310 g/mol. The van der Waals surface area contributed by atoms with Crippen LogP contribution >= 0.6 is 0 Å². The van der Waals surface area contributed by atoms with E-state index in [0.717, 1.165) is 54.7 Å². The van der Waals surface area contributed by atoms with Crippen LogP contribution in [-0.4, -0.2) is 41.1 Å². The Hall–Kier alpha value is -2.56. The summed E-state index contributed by atoms with van der Waals surface area (Å²) in [5.41, 5.74) is 3.26. The molecule has 25 heavy (non-hydrogen) atoms. The van der Waals surface area contributed by atoms with Gasteiger partial charge in [-0.05, 0) is 37.3 Å². The molecular formula is C20H23N5. The normalized spacial score (nSPS) is 17.8. The number of benzene rings is 1. The third kappa shape index (κ3) is 2.64. The fourth-order valence-corrected chi connectivity index (χ4v) is 3.98. The fourth-order valence-electron chi connectivity index (χ4n) is 3.98. The molecule has 0 radical (unpaired) electrons. The molecule has 4 heterocycles. The number of fused-ring (bicyclic) bond motifs is 1. The topological polar surface area (TPSA) is 48.1 Å². The second kappa shape index (κ2) is 6.06. The highest BCUT2D eigenvalue weighted by molar-refractivity contribution is 5.93. The van der Waals surface area contributed by atoms with Crippen molar-refractivity contribution in [1.29, 1.82) is 0 Å². The van der Waals surface area contributed by atoms with E-state index >= 15 is 0 Å². The molecule has 0 bridgehead atoms. The lowest BCUT2D eigenvalue weighted by Crippen LogP contribution is -2.24. The summed E-state index contributed by atoms with van der Waals surface area (Å²) < 4.78 is 0. The third-order valence-electron chi connectivity index (χ3n) is 5.33. The van der Waals surface area contributed by atoms with Crippen molar-refractivity contribution in [1.82, 2.24) is 15.0 Å². The maximum absolute atomic E-state index is 4.99. The van der Waals surface area contributed by atoms with E-state index in [9.17, 15) is 0 Å². The number of aromatic nitrogens is 3. The zero-order valence-electron chi connectivity index (χ0n) is 14.4. The summed E-state index contributed by atoms with van der Waals surface area (Å²) in [6.07, 6.45) is 4.97. The van der Waals surface area contributed by atoms with Crippen LogP contribution in [0.1, 0.15) is 25.7 Å².